The number of aromatic nitrogens is 5. The van der Waals surface area contributed by atoms with Crippen LogP contribution in [0.3, 0.4) is 0 Å². The van der Waals surface area contributed by atoms with Crippen LogP contribution >= 0.6 is 22.6 Å². The van der Waals surface area contributed by atoms with Crippen molar-refractivity contribution in [2.75, 3.05) is 27.6 Å². The fourth-order valence-corrected chi connectivity index (χ4v) is 4.43. The van der Waals surface area contributed by atoms with E-state index in [1.54, 1.807) is 30.1 Å². The van der Waals surface area contributed by atoms with Gasteiger partial charge in [0, 0.05) is 42.3 Å². The molecule has 1 aromatic carbocycles. The van der Waals surface area contributed by atoms with Crippen molar-refractivity contribution in [1.82, 2.24) is 24.7 Å². The van der Waals surface area contributed by atoms with Crippen LogP contribution in [0.1, 0.15) is 41.2 Å². The Morgan fingerprint density at radius 2 is 1.89 bits per heavy atom. The zero-order chi connectivity index (χ0) is 26.6. The molecule has 0 aliphatic heterocycles. The zero-order valence-electron chi connectivity index (χ0n) is 21.3. The predicted molar refractivity (Wildman–Crippen MR) is 153 cm³/mol. The van der Waals surface area contributed by atoms with E-state index in [1.807, 2.05) is 58.0 Å². The predicted octanol–water partition coefficient (Wildman–Crippen LogP) is 5.36. The molecule has 0 bridgehead atoms. The van der Waals surface area contributed by atoms with Gasteiger partial charge in [0.25, 0.3) is 5.91 Å². The maximum absolute atomic E-state index is 13.1. The van der Waals surface area contributed by atoms with Gasteiger partial charge in [-0.3, -0.25) is 9.78 Å². The molecule has 0 saturated carbocycles. The minimum absolute atomic E-state index is 0.231. The summed E-state index contributed by atoms with van der Waals surface area (Å²) in [6.07, 6.45) is 3.11. The van der Waals surface area contributed by atoms with Crippen LogP contribution in [0.4, 0.5) is 23.0 Å². The highest BCUT2D eigenvalue weighted by molar-refractivity contribution is 14.1. The highest BCUT2D eigenvalue weighted by atomic mass is 127. The molecule has 0 radical (unpaired) electrons. The van der Waals surface area contributed by atoms with Gasteiger partial charge in [0.05, 0.1) is 16.0 Å². The Balaban J connectivity index is 1.57. The number of ether oxygens (including phenoxy) is 1. The molecular weight excluding hydrogens is 583 g/mol. The van der Waals surface area contributed by atoms with Crippen LogP contribution in [-0.4, -0.2) is 42.3 Å². The highest BCUT2D eigenvalue weighted by Gasteiger charge is 2.23. The average Bonchev–Trinajstić information content (AvgIpc) is 3.26. The van der Waals surface area contributed by atoms with E-state index < -0.39 is 5.60 Å². The maximum atomic E-state index is 13.1. The molecule has 4 aromatic rings. The number of nitrogens with zero attached hydrogens (tertiary/aromatic N) is 5. The molecule has 1 amide bonds. The smallest absolute Gasteiger partial charge is 0.255 e. The summed E-state index contributed by atoms with van der Waals surface area (Å²) < 4.78 is 8.02. The van der Waals surface area contributed by atoms with Crippen LogP contribution in [0.5, 0.6) is 0 Å². The number of carbonyl (C=O) groups excluding carboxylic acids is 1. The van der Waals surface area contributed by atoms with Gasteiger partial charge < -0.3 is 20.7 Å². The number of hydrogen-bond donors (Lipinski definition) is 3. The summed E-state index contributed by atoms with van der Waals surface area (Å²) in [5.74, 6) is 1.82. The van der Waals surface area contributed by atoms with Crippen LogP contribution in [0.15, 0.2) is 55.0 Å². The molecule has 0 spiro atoms. The molecular formula is C26H29IN8O2. The van der Waals surface area contributed by atoms with E-state index in [2.05, 4.69) is 58.6 Å². The number of rotatable bonds is 9. The molecule has 192 valence electrons. The van der Waals surface area contributed by atoms with E-state index in [0.29, 0.717) is 33.2 Å². The number of alkyl halides is 1. The molecule has 11 heteroatoms. The normalized spacial score (nSPS) is 11.3. The fourth-order valence-electron chi connectivity index (χ4n) is 3.65. The van der Waals surface area contributed by atoms with Gasteiger partial charge in [-0.05, 0) is 57.5 Å². The third-order valence-electron chi connectivity index (χ3n) is 5.77. The van der Waals surface area contributed by atoms with Crippen molar-refractivity contribution in [3.63, 3.8) is 0 Å². The van der Waals surface area contributed by atoms with E-state index >= 15 is 0 Å². The third kappa shape index (κ3) is 6.23. The highest BCUT2D eigenvalue weighted by Crippen LogP contribution is 2.28. The van der Waals surface area contributed by atoms with E-state index in [0.717, 1.165) is 22.8 Å². The summed E-state index contributed by atoms with van der Waals surface area (Å²) in [5.41, 5.74) is 3.91. The SMILES string of the molecule is CNc1cc(-n2nc(C)cc2Nc2cc(NC(=O)c3ccnc(C(C)(C)OCI)c3)ccc2C)ncn1. The average molecular weight is 612 g/mol. The van der Waals surface area contributed by atoms with Gasteiger partial charge >= 0.3 is 0 Å². The van der Waals surface area contributed by atoms with Gasteiger partial charge in [-0.2, -0.15) is 9.78 Å². The van der Waals surface area contributed by atoms with Crippen LogP contribution in [0.2, 0.25) is 0 Å². The second-order valence-corrected chi connectivity index (χ2v) is 9.52. The lowest BCUT2D eigenvalue weighted by Crippen LogP contribution is -2.23. The van der Waals surface area contributed by atoms with E-state index in [4.69, 9.17) is 4.74 Å². The molecule has 4 rings (SSSR count). The van der Waals surface area contributed by atoms with Crippen LogP contribution in [-0.2, 0) is 10.3 Å². The third-order valence-corrected chi connectivity index (χ3v) is 6.08. The molecule has 3 N–H and O–H groups in total. The number of benzene rings is 1. The Morgan fingerprint density at radius 1 is 1.08 bits per heavy atom. The van der Waals surface area contributed by atoms with Crippen molar-refractivity contribution in [2.45, 2.75) is 33.3 Å². The Bertz CT molecular complexity index is 1420. The van der Waals surface area contributed by atoms with Crippen molar-refractivity contribution in [2.24, 2.45) is 0 Å². The number of nitrogens with one attached hydrogen (secondary N) is 3. The van der Waals surface area contributed by atoms with E-state index in [-0.39, 0.29) is 5.91 Å². The van der Waals surface area contributed by atoms with Gasteiger partial charge in [-0.15, -0.1) is 0 Å². The molecule has 37 heavy (non-hydrogen) atoms. The van der Waals surface area contributed by atoms with Crippen LogP contribution in [0, 0.1) is 13.8 Å². The van der Waals surface area contributed by atoms with Crippen molar-refractivity contribution in [3.8, 4) is 5.82 Å². The molecule has 0 saturated heterocycles. The summed E-state index contributed by atoms with van der Waals surface area (Å²) in [6, 6.07) is 12.9. The number of amides is 1. The lowest BCUT2D eigenvalue weighted by atomic mass is 10.0. The maximum Gasteiger partial charge on any atom is 0.255 e. The Morgan fingerprint density at radius 3 is 2.65 bits per heavy atom. The fraction of sp³-hybridized carbons (Fsp3) is 0.269. The topological polar surface area (TPSA) is 119 Å². The lowest BCUT2D eigenvalue weighted by Gasteiger charge is -2.23. The zero-order valence-corrected chi connectivity index (χ0v) is 23.5. The summed E-state index contributed by atoms with van der Waals surface area (Å²) in [4.78, 5) is 26.0. The molecule has 0 unspecified atom stereocenters. The van der Waals surface area contributed by atoms with Gasteiger partial charge in [-0.25, -0.2) is 9.97 Å². The molecule has 10 nitrogen and oxygen atoms in total. The summed E-state index contributed by atoms with van der Waals surface area (Å²) >= 11 is 2.15. The summed E-state index contributed by atoms with van der Waals surface area (Å²) in [7, 11) is 1.80. The Hall–Kier alpha value is -3.58. The van der Waals surface area contributed by atoms with Crippen molar-refractivity contribution < 1.29 is 9.53 Å². The Kier molecular flexibility index (Phi) is 8.03. The molecule has 0 aliphatic carbocycles. The first-order valence-corrected chi connectivity index (χ1v) is 13.1. The molecule has 0 fully saturated rings. The molecule has 0 aliphatic rings. The number of halogens is 1. The van der Waals surface area contributed by atoms with Gasteiger partial charge in [0.2, 0.25) is 0 Å². The monoisotopic (exact) mass is 612 g/mol. The summed E-state index contributed by atoms with van der Waals surface area (Å²) in [6.45, 7) is 7.78. The number of carbonyl (C=O) groups is 1. The first-order chi connectivity index (χ1) is 17.7. The van der Waals surface area contributed by atoms with Gasteiger partial charge in [-0.1, -0.05) is 28.7 Å². The van der Waals surface area contributed by atoms with E-state index in [9.17, 15) is 4.79 Å². The van der Waals surface area contributed by atoms with Crippen LogP contribution < -0.4 is 16.0 Å². The standard InChI is InChI=1S/C26H29IN8O2/c1-16-6-7-19(32-25(36)18-8-9-29-21(11-18)26(3,4)37-14-27)12-20(16)33-24-10-17(2)34-35(24)23-13-22(28-5)30-15-31-23/h6-13,15,33H,14H2,1-5H3,(H,32,36)(H,28,30,31). The van der Waals surface area contributed by atoms with Gasteiger partial charge in [0.1, 0.15) is 23.6 Å². The number of aryl methyl sites for hydroxylation is 2. The van der Waals surface area contributed by atoms with E-state index in [1.165, 1.54) is 6.33 Å². The second kappa shape index (κ2) is 11.2. The minimum Gasteiger partial charge on any atom is -0.373 e. The van der Waals surface area contributed by atoms with Gasteiger partial charge in [0.15, 0.2) is 5.82 Å². The van der Waals surface area contributed by atoms with Crippen molar-refractivity contribution in [3.05, 3.63) is 77.5 Å². The van der Waals surface area contributed by atoms with Crippen molar-refractivity contribution in [1.29, 1.82) is 0 Å². The quantitative estimate of drug-likeness (QED) is 0.171. The number of pyridine rings is 1. The number of anilines is 4. The largest absolute Gasteiger partial charge is 0.373 e. The van der Waals surface area contributed by atoms with Crippen molar-refractivity contribution >= 4 is 51.5 Å². The number of hydrogen-bond acceptors (Lipinski definition) is 8. The first kappa shape index (κ1) is 26.5. The first-order valence-electron chi connectivity index (χ1n) is 11.6. The van der Waals surface area contributed by atoms with Crippen LogP contribution in [0.25, 0.3) is 5.82 Å². The summed E-state index contributed by atoms with van der Waals surface area (Å²) in [5, 5.41) is 14.0. The second-order valence-electron chi connectivity index (χ2n) is 8.90. The lowest BCUT2D eigenvalue weighted by molar-refractivity contribution is 0.0102. The minimum atomic E-state index is -0.600. The molecule has 3 heterocycles. The Labute approximate surface area is 229 Å². The molecule has 3 aromatic heterocycles. The molecule has 0 atom stereocenters.